The maximum Gasteiger partial charge on any atom is 0.253 e. The molecular weight excluding hydrogens is 384 g/mol. The highest BCUT2D eigenvalue weighted by Crippen LogP contribution is 2.23. The molecule has 3 aromatic rings. The summed E-state index contributed by atoms with van der Waals surface area (Å²) in [6, 6.07) is 7.09. The summed E-state index contributed by atoms with van der Waals surface area (Å²) in [6.07, 6.45) is 3.98. The Morgan fingerprint density at radius 3 is 2.97 bits per heavy atom. The normalized spacial score (nSPS) is 16.7. The van der Waals surface area contributed by atoms with Gasteiger partial charge in [0, 0.05) is 43.9 Å². The van der Waals surface area contributed by atoms with Crippen molar-refractivity contribution in [2.45, 2.75) is 39.3 Å². The number of hydrogen-bond donors (Lipinski definition) is 3. The molecule has 9 nitrogen and oxygen atoms in total. The third-order valence-electron chi connectivity index (χ3n) is 5.44. The van der Waals surface area contributed by atoms with Crippen LogP contribution in [0.15, 0.2) is 30.5 Å². The molecule has 30 heavy (non-hydrogen) atoms. The van der Waals surface area contributed by atoms with E-state index in [1.807, 2.05) is 18.0 Å². The number of aliphatic hydroxyl groups excluding tert-OH is 1. The molecule has 2 aromatic heterocycles. The number of aliphatic hydroxyl groups is 1. The number of piperidine rings is 1. The number of nitrogens with zero attached hydrogens (tertiary/aromatic N) is 4. The lowest BCUT2D eigenvalue weighted by atomic mass is 9.94. The van der Waals surface area contributed by atoms with Crippen LogP contribution in [-0.2, 0) is 17.9 Å². The van der Waals surface area contributed by atoms with Crippen LogP contribution in [0.4, 0.5) is 5.82 Å². The summed E-state index contributed by atoms with van der Waals surface area (Å²) in [7, 11) is 0. The molecular formula is C21H26N6O3. The largest absolute Gasteiger partial charge is 0.388 e. The van der Waals surface area contributed by atoms with Gasteiger partial charge in [-0.2, -0.15) is 5.10 Å². The van der Waals surface area contributed by atoms with E-state index in [-0.39, 0.29) is 24.3 Å². The van der Waals surface area contributed by atoms with E-state index in [0.717, 1.165) is 24.9 Å². The van der Waals surface area contributed by atoms with E-state index in [9.17, 15) is 14.7 Å². The first-order chi connectivity index (χ1) is 14.6. The third kappa shape index (κ3) is 4.35. The Balaban J connectivity index is 1.38. The van der Waals surface area contributed by atoms with Crippen molar-refractivity contribution in [2.24, 2.45) is 5.92 Å². The van der Waals surface area contributed by atoms with E-state index < -0.39 is 0 Å². The van der Waals surface area contributed by atoms with Crippen LogP contribution in [0, 0.1) is 5.92 Å². The highest BCUT2D eigenvalue weighted by molar-refractivity contribution is 5.97. The molecule has 1 saturated heterocycles. The average molecular weight is 410 g/mol. The van der Waals surface area contributed by atoms with E-state index in [4.69, 9.17) is 0 Å². The second kappa shape index (κ2) is 8.66. The van der Waals surface area contributed by atoms with Gasteiger partial charge < -0.3 is 20.3 Å². The summed E-state index contributed by atoms with van der Waals surface area (Å²) in [6.45, 7) is 3.80. The van der Waals surface area contributed by atoms with Crippen molar-refractivity contribution in [3.63, 3.8) is 0 Å². The standard InChI is InChI=1S/C21H26N6O3/c1-2-27-9-7-18(25-27)24-20(29)10-14-4-3-8-26(12-14)21(30)15-5-6-16-17(11-15)23-19(13-28)22-16/h5-7,9,11,14,28H,2-4,8,10,12-13H2,1H3,(H,22,23)(H,24,25,29). The highest BCUT2D eigenvalue weighted by atomic mass is 16.3. The van der Waals surface area contributed by atoms with Crippen molar-refractivity contribution in [2.75, 3.05) is 18.4 Å². The Bertz CT molecular complexity index is 1060. The van der Waals surface area contributed by atoms with Gasteiger partial charge >= 0.3 is 0 Å². The number of nitrogens with one attached hydrogen (secondary N) is 2. The van der Waals surface area contributed by atoms with Crippen molar-refractivity contribution in [3.05, 3.63) is 41.9 Å². The van der Waals surface area contributed by atoms with Crippen molar-refractivity contribution >= 4 is 28.7 Å². The monoisotopic (exact) mass is 410 g/mol. The minimum atomic E-state index is -0.174. The maximum absolute atomic E-state index is 13.0. The van der Waals surface area contributed by atoms with Crippen LogP contribution in [0.5, 0.6) is 0 Å². The van der Waals surface area contributed by atoms with Crippen molar-refractivity contribution in [3.8, 4) is 0 Å². The third-order valence-corrected chi connectivity index (χ3v) is 5.44. The Morgan fingerprint density at radius 2 is 2.20 bits per heavy atom. The summed E-state index contributed by atoms with van der Waals surface area (Å²) >= 11 is 0. The predicted octanol–water partition coefficient (Wildman–Crippen LogP) is 2.15. The molecule has 0 bridgehead atoms. The van der Waals surface area contributed by atoms with Gasteiger partial charge in [0.15, 0.2) is 5.82 Å². The summed E-state index contributed by atoms with van der Waals surface area (Å²) in [4.78, 5) is 34.5. The number of hydrogen-bond acceptors (Lipinski definition) is 5. The quantitative estimate of drug-likeness (QED) is 0.576. The molecule has 158 valence electrons. The first-order valence-corrected chi connectivity index (χ1v) is 10.3. The lowest BCUT2D eigenvalue weighted by Gasteiger charge is -2.32. The van der Waals surface area contributed by atoms with Crippen LogP contribution in [0.25, 0.3) is 11.0 Å². The van der Waals surface area contributed by atoms with E-state index in [1.165, 1.54) is 0 Å². The van der Waals surface area contributed by atoms with E-state index >= 15 is 0 Å². The first kappa shape index (κ1) is 20.1. The van der Waals surface area contributed by atoms with Gasteiger partial charge in [-0.05, 0) is 43.9 Å². The van der Waals surface area contributed by atoms with Crippen molar-refractivity contribution in [1.82, 2.24) is 24.6 Å². The fraction of sp³-hybridized carbons (Fsp3) is 0.429. The Hall–Kier alpha value is -3.20. The van der Waals surface area contributed by atoms with Crippen LogP contribution in [0.2, 0.25) is 0 Å². The smallest absolute Gasteiger partial charge is 0.253 e. The Kier molecular flexibility index (Phi) is 5.80. The first-order valence-electron chi connectivity index (χ1n) is 10.3. The van der Waals surface area contributed by atoms with Gasteiger partial charge in [0.05, 0.1) is 11.0 Å². The number of rotatable bonds is 6. The summed E-state index contributed by atoms with van der Waals surface area (Å²) in [5.41, 5.74) is 2.02. The number of carbonyl (C=O) groups is 2. The molecule has 1 fully saturated rings. The molecule has 3 N–H and O–H groups in total. The summed E-state index contributed by atoms with van der Waals surface area (Å²) < 4.78 is 1.76. The molecule has 4 rings (SSSR count). The number of aromatic amines is 1. The van der Waals surface area contributed by atoms with E-state index in [0.29, 0.717) is 42.2 Å². The summed E-state index contributed by atoms with van der Waals surface area (Å²) in [5.74, 6) is 1.02. The minimum absolute atomic E-state index is 0.0520. The SMILES string of the molecule is CCn1ccc(NC(=O)CC2CCCN(C(=O)c3ccc4nc(CO)[nH]c4c3)C2)n1. The van der Waals surface area contributed by atoms with Gasteiger partial charge in [-0.15, -0.1) is 0 Å². The van der Waals surface area contributed by atoms with Crippen LogP contribution >= 0.6 is 0 Å². The molecule has 1 aliphatic heterocycles. The topological polar surface area (TPSA) is 116 Å². The molecule has 1 unspecified atom stereocenters. The predicted molar refractivity (Wildman–Crippen MR) is 112 cm³/mol. The number of imidazole rings is 1. The maximum atomic E-state index is 13.0. The number of aryl methyl sites for hydroxylation is 1. The molecule has 2 amide bonds. The Labute approximate surface area is 174 Å². The van der Waals surface area contributed by atoms with Crippen LogP contribution in [0.3, 0.4) is 0 Å². The fourth-order valence-corrected chi connectivity index (χ4v) is 3.93. The summed E-state index contributed by atoms with van der Waals surface area (Å²) in [5, 5.41) is 16.3. The van der Waals surface area contributed by atoms with Gasteiger partial charge in [0.25, 0.3) is 5.91 Å². The van der Waals surface area contributed by atoms with Gasteiger partial charge in [0.1, 0.15) is 12.4 Å². The zero-order valence-corrected chi connectivity index (χ0v) is 17.0. The number of likely N-dealkylation sites (tertiary alicyclic amines) is 1. The highest BCUT2D eigenvalue weighted by Gasteiger charge is 2.26. The molecule has 0 aliphatic carbocycles. The molecule has 0 spiro atoms. The van der Waals surface area contributed by atoms with Gasteiger partial charge in [-0.3, -0.25) is 14.3 Å². The zero-order chi connectivity index (χ0) is 21.1. The second-order valence-corrected chi connectivity index (χ2v) is 7.64. The minimum Gasteiger partial charge on any atom is -0.388 e. The Morgan fingerprint density at radius 1 is 1.33 bits per heavy atom. The number of carbonyl (C=O) groups excluding carboxylic acids is 2. The van der Waals surface area contributed by atoms with E-state index in [2.05, 4.69) is 20.4 Å². The van der Waals surface area contributed by atoms with E-state index in [1.54, 1.807) is 28.9 Å². The molecule has 0 saturated carbocycles. The number of fused-ring (bicyclic) bond motifs is 1. The molecule has 1 atom stereocenters. The lowest BCUT2D eigenvalue weighted by molar-refractivity contribution is -0.117. The number of amides is 2. The van der Waals surface area contributed by atoms with Crippen LogP contribution in [-0.4, -0.2) is 54.7 Å². The number of benzene rings is 1. The number of aromatic nitrogens is 4. The lowest BCUT2D eigenvalue weighted by Crippen LogP contribution is -2.40. The van der Waals surface area contributed by atoms with Crippen LogP contribution < -0.4 is 5.32 Å². The zero-order valence-electron chi connectivity index (χ0n) is 17.0. The van der Waals surface area contributed by atoms with Crippen LogP contribution in [0.1, 0.15) is 42.4 Å². The average Bonchev–Trinajstić information content (AvgIpc) is 3.38. The van der Waals surface area contributed by atoms with Crippen molar-refractivity contribution in [1.29, 1.82) is 0 Å². The molecule has 0 radical (unpaired) electrons. The van der Waals surface area contributed by atoms with Gasteiger partial charge in [0.2, 0.25) is 5.91 Å². The second-order valence-electron chi connectivity index (χ2n) is 7.64. The fourth-order valence-electron chi connectivity index (χ4n) is 3.93. The number of anilines is 1. The number of H-pyrrole nitrogens is 1. The van der Waals surface area contributed by atoms with Gasteiger partial charge in [-0.1, -0.05) is 0 Å². The molecule has 1 aliphatic rings. The molecule has 1 aromatic carbocycles. The van der Waals surface area contributed by atoms with Crippen molar-refractivity contribution < 1.29 is 14.7 Å². The van der Waals surface area contributed by atoms with Gasteiger partial charge in [-0.25, -0.2) is 4.98 Å². The molecule has 3 heterocycles. The molecule has 9 heteroatoms.